The van der Waals surface area contributed by atoms with E-state index in [0.717, 1.165) is 22.4 Å². The standard InChI is InChI=1S/C16H18FNO/c1-11(2)19-15-5-3-4-12(8-15)16-9-14(17)7-6-13(16)10-18/h3-9,11H,10,18H2,1-2H3. The van der Waals surface area contributed by atoms with Gasteiger partial charge in [0.1, 0.15) is 11.6 Å². The summed E-state index contributed by atoms with van der Waals surface area (Å²) in [5.41, 5.74) is 8.35. The fourth-order valence-electron chi connectivity index (χ4n) is 2.00. The summed E-state index contributed by atoms with van der Waals surface area (Å²) in [6.45, 7) is 4.32. The molecule has 100 valence electrons. The average Bonchev–Trinajstić information content (AvgIpc) is 2.38. The van der Waals surface area contributed by atoms with Gasteiger partial charge in [-0.3, -0.25) is 0 Å². The van der Waals surface area contributed by atoms with Crippen LogP contribution in [0.5, 0.6) is 5.75 Å². The van der Waals surface area contributed by atoms with E-state index in [1.807, 2.05) is 38.1 Å². The Morgan fingerprint density at radius 3 is 2.63 bits per heavy atom. The topological polar surface area (TPSA) is 35.2 Å². The van der Waals surface area contributed by atoms with Crippen LogP contribution in [0, 0.1) is 5.82 Å². The molecule has 0 heterocycles. The quantitative estimate of drug-likeness (QED) is 0.907. The van der Waals surface area contributed by atoms with Gasteiger partial charge in [-0.2, -0.15) is 0 Å². The first kappa shape index (κ1) is 13.6. The Kier molecular flexibility index (Phi) is 4.17. The van der Waals surface area contributed by atoms with Crippen LogP contribution in [-0.4, -0.2) is 6.10 Å². The molecule has 0 fully saturated rings. The van der Waals surface area contributed by atoms with Crippen molar-refractivity contribution in [3.63, 3.8) is 0 Å². The molecule has 2 nitrogen and oxygen atoms in total. The van der Waals surface area contributed by atoms with Gasteiger partial charge in [0.2, 0.25) is 0 Å². The summed E-state index contributed by atoms with van der Waals surface area (Å²) in [5, 5.41) is 0. The minimum absolute atomic E-state index is 0.108. The van der Waals surface area contributed by atoms with E-state index in [0.29, 0.717) is 6.54 Å². The largest absolute Gasteiger partial charge is 0.491 e. The Morgan fingerprint density at radius 2 is 1.95 bits per heavy atom. The van der Waals surface area contributed by atoms with Crippen LogP contribution in [-0.2, 0) is 6.54 Å². The average molecular weight is 259 g/mol. The molecule has 3 heteroatoms. The molecule has 0 amide bonds. The van der Waals surface area contributed by atoms with E-state index in [1.54, 1.807) is 6.07 Å². The molecular weight excluding hydrogens is 241 g/mol. The lowest BCUT2D eigenvalue weighted by atomic mass is 9.99. The van der Waals surface area contributed by atoms with Gasteiger partial charge in [0.25, 0.3) is 0 Å². The summed E-state index contributed by atoms with van der Waals surface area (Å²) in [6.07, 6.45) is 0.108. The van der Waals surface area contributed by atoms with Gasteiger partial charge in [-0.1, -0.05) is 18.2 Å². The predicted octanol–water partition coefficient (Wildman–Crippen LogP) is 3.74. The molecule has 2 aromatic carbocycles. The van der Waals surface area contributed by atoms with Gasteiger partial charge in [-0.15, -0.1) is 0 Å². The minimum Gasteiger partial charge on any atom is -0.491 e. The molecule has 0 aliphatic carbocycles. The molecular formula is C16H18FNO. The van der Waals surface area contributed by atoms with Crippen LogP contribution < -0.4 is 10.5 Å². The number of benzene rings is 2. The number of rotatable bonds is 4. The van der Waals surface area contributed by atoms with E-state index in [1.165, 1.54) is 12.1 Å². The van der Waals surface area contributed by atoms with Crippen LogP contribution in [0.2, 0.25) is 0 Å². The number of ether oxygens (including phenoxy) is 1. The van der Waals surface area contributed by atoms with Crippen molar-refractivity contribution in [2.24, 2.45) is 5.73 Å². The third-order valence-corrected chi connectivity index (χ3v) is 2.81. The monoisotopic (exact) mass is 259 g/mol. The highest BCUT2D eigenvalue weighted by Gasteiger charge is 2.07. The summed E-state index contributed by atoms with van der Waals surface area (Å²) in [6, 6.07) is 12.3. The first-order valence-electron chi connectivity index (χ1n) is 6.35. The molecule has 2 rings (SSSR count). The Labute approximate surface area is 113 Å². The van der Waals surface area contributed by atoms with Gasteiger partial charge in [0, 0.05) is 6.54 Å². The number of nitrogens with two attached hydrogens (primary N) is 1. The van der Waals surface area contributed by atoms with Crippen molar-refractivity contribution in [3.8, 4) is 16.9 Å². The Bertz CT molecular complexity index is 566. The summed E-state index contributed by atoms with van der Waals surface area (Å²) in [5.74, 6) is 0.516. The first-order chi connectivity index (χ1) is 9.10. The van der Waals surface area contributed by atoms with Crippen LogP contribution in [0.4, 0.5) is 4.39 Å². The van der Waals surface area contributed by atoms with Gasteiger partial charge in [-0.05, 0) is 54.8 Å². The van der Waals surface area contributed by atoms with Gasteiger partial charge in [0.05, 0.1) is 6.10 Å². The Hall–Kier alpha value is -1.87. The second-order valence-corrected chi connectivity index (χ2v) is 4.70. The normalized spacial score (nSPS) is 10.8. The van der Waals surface area contributed by atoms with E-state index in [2.05, 4.69) is 0 Å². The van der Waals surface area contributed by atoms with Crippen LogP contribution in [0.3, 0.4) is 0 Å². The lowest BCUT2D eigenvalue weighted by Gasteiger charge is -2.13. The van der Waals surface area contributed by atoms with E-state index in [-0.39, 0.29) is 11.9 Å². The lowest BCUT2D eigenvalue weighted by molar-refractivity contribution is 0.242. The van der Waals surface area contributed by atoms with E-state index >= 15 is 0 Å². The minimum atomic E-state index is -0.262. The second-order valence-electron chi connectivity index (χ2n) is 4.70. The van der Waals surface area contributed by atoms with Crippen molar-refractivity contribution < 1.29 is 9.13 Å². The van der Waals surface area contributed by atoms with Crippen molar-refractivity contribution in [2.75, 3.05) is 0 Å². The molecule has 0 spiro atoms. The van der Waals surface area contributed by atoms with E-state index in [9.17, 15) is 4.39 Å². The molecule has 0 aromatic heterocycles. The maximum Gasteiger partial charge on any atom is 0.123 e. The zero-order valence-corrected chi connectivity index (χ0v) is 11.2. The zero-order chi connectivity index (χ0) is 13.8. The third-order valence-electron chi connectivity index (χ3n) is 2.81. The van der Waals surface area contributed by atoms with Crippen molar-refractivity contribution in [1.82, 2.24) is 0 Å². The van der Waals surface area contributed by atoms with Crippen molar-refractivity contribution in [3.05, 3.63) is 53.8 Å². The molecule has 0 bridgehead atoms. The highest BCUT2D eigenvalue weighted by atomic mass is 19.1. The Morgan fingerprint density at radius 1 is 1.16 bits per heavy atom. The SMILES string of the molecule is CC(C)Oc1cccc(-c2cc(F)ccc2CN)c1. The maximum absolute atomic E-state index is 13.4. The number of halogens is 1. The van der Waals surface area contributed by atoms with Gasteiger partial charge in [-0.25, -0.2) is 4.39 Å². The number of hydrogen-bond acceptors (Lipinski definition) is 2. The number of hydrogen-bond donors (Lipinski definition) is 1. The van der Waals surface area contributed by atoms with E-state index in [4.69, 9.17) is 10.5 Å². The lowest BCUT2D eigenvalue weighted by Crippen LogP contribution is -2.05. The van der Waals surface area contributed by atoms with Crippen LogP contribution in [0.25, 0.3) is 11.1 Å². The summed E-state index contributed by atoms with van der Waals surface area (Å²) in [4.78, 5) is 0. The molecule has 0 saturated carbocycles. The smallest absolute Gasteiger partial charge is 0.123 e. The van der Waals surface area contributed by atoms with Gasteiger partial charge >= 0.3 is 0 Å². The molecule has 0 aliphatic rings. The van der Waals surface area contributed by atoms with Crippen molar-refractivity contribution in [2.45, 2.75) is 26.5 Å². The van der Waals surface area contributed by atoms with Crippen molar-refractivity contribution >= 4 is 0 Å². The second kappa shape index (κ2) is 5.85. The summed E-state index contributed by atoms with van der Waals surface area (Å²) >= 11 is 0. The molecule has 2 N–H and O–H groups in total. The summed E-state index contributed by atoms with van der Waals surface area (Å²) in [7, 11) is 0. The summed E-state index contributed by atoms with van der Waals surface area (Å²) < 4.78 is 19.1. The molecule has 0 radical (unpaired) electrons. The molecule has 0 saturated heterocycles. The zero-order valence-electron chi connectivity index (χ0n) is 11.2. The van der Waals surface area contributed by atoms with Crippen LogP contribution >= 0.6 is 0 Å². The fraction of sp³-hybridized carbons (Fsp3) is 0.250. The first-order valence-corrected chi connectivity index (χ1v) is 6.35. The molecule has 19 heavy (non-hydrogen) atoms. The van der Waals surface area contributed by atoms with E-state index < -0.39 is 0 Å². The van der Waals surface area contributed by atoms with Crippen LogP contribution in [0.1, 0.15) is 19.4 Å². The highest BCUT2D eigenvalue weighted by Crippen LogP contribution is 2.28. The van der Waals surface area contributed by atoms with Crippen molar-refractivity contribution in [1.29, 1.82) is 0 Å². The third kappa shape index (κ3) is 3.32. The fourth-order valence-corrected chi connectivity index (χ4v) is 2.00. The molecule has 0 atom stereocenters. The van der Waals surface area contributed by atoms with Crippen LogP contribution in [0.15, 0.2) is 42.5 Å². The van der Waals surface area contributed by atoms with Gasteiger partial charge in [0.15, 0.2) is 0 Å². The van der Waals surface area contributed by atoms with Gasteiger partial charge < -0.3 is 10.5 Å². The maximum atomic E-state index is 13.4. The highest BCUT2D eigenvalue weighted by molar-refractivity contribution is 5.68. The molecule has 0 aliphatic heterocycles. The molecule has 2 aromatic rings. The Balaban J connectivity index is 2.43. The molecule has 0 unspecified atom stereocenters. The predicted molar refractivity (Wildman–Crippen MR) is 75.5 cm³/mol.